The van der Waals surface area contributed by atoms with Crippen LogP contribution >= 0.6 is 68.5 Å². The standard InChI is InChI=1S/C20H11ClFI2NO3S/c1-2-6-28-18-15(23)7-11(8-16(18)24)9-17-19(26)25(20(27)29-17)10-12-13(21)4-3-5-14(12)22/h1,3-5,7-9H,6,10H2/b17-9-. The predicted molar refractivity (Wildman–Crippen MR) is 129 cm³/mol. The van der Waals surface area contributed by atoms with E-state index in [1.807, 2.05) is 12.1 Å². The molecule has 9 heteroatoms. The molecule has 0 aromatic heterocycles. The Balaban J connectivity index is 1.86. The molecule has 0 aliphatic carbocycles. The molecule has 2 aromatic carbocycles. The molecule has 148 valence electrons. The van der Waals surface area contributed by atoms with Crippen molar-refractivity contribution in [1.29, 1.82) is 0 Å². The first-order valence-corrected chi connectivity index (χ1v) is 11.4. The van der Waals surface area contributed by atoms with Gasteiger partial charge in [-0.2, -0.15) is 0 Å². The molecule has 29 heavy (non-hydrogen) atoms. The summed E-state index contributed by atoms with van der Waals surface area (Å²) in [5, 5.41) is -0.307. The van der Waals surface area contributed by atoms with Crippen molar-refractivity contribution < 1.29 is 18.7 Å². The minimum absolute atomic E-state index is 0.108. The number of halogens is 4. The Labute approximate surface area is 203 Å². The predicted octanol–water partition coefficient (Wildman–Crippen LogP) is 5.94. The molecule has 1 saturated heterocycles. The van der Waals surface area contributed by atoms with Crippen LogP contribution in [0.4, 0.5) is 9.18 Å². The summed E-state index contributed by atoms with van der Waals surface area (Å²) >= 11 is 11.1. The van der Waals surface area contributed by atoms with E-state index in [2.05, 4.69) is 51.1 Å². The molecule has 1 aliphatic rings. The molecule has 0 unspecified atom stereocenters. The topological polar surface area (TPSA) is 46.6 Å². The fraction of sp³-hybridized carbons (Fsp3) is 0.100. The highest BCUT2D eigenvalue weighted by atomic mass is 127. The molecular formula is C20H11ClFI2NO3S. The van der Waals surface area contributed by atoms with Crippen LogP contribution in [-0.2, 0) is 11.3 Å². The molecule has 0 saturated carbocycles. The number of benzene rings is 2. The first-order chi connectivity index (χ1) is 13.8. The molecule has 0 radical (unpaired) electrons. The number of thioether (sulfide) groups is 1. The molecule has 0 N–H and O–H groups in total. The van der Waals surface area contributed by atoms with Gasteiger partial charge in [0.25, 0.3) is 11.1 Å². The van der Waals surface area contributed by atoms with Crippen LogP contribution in [0.15, 0.2) is 35.2 Å². The third kappa shape index (κ3) is 5.07. The lowest BCUT2D eigenvalue weighted by Gasteiger charge is -2.14. The SMILES string of the molecule is C#CCOc1c(I)cc(/C=C2\SC(=O)N(Cc3c(F)cccc3Cl)C2=O)cc1I. The van der Waals surface area contributed by atoms with Gasteiger partial charge < -0.3 is 4.74 Å². The second-order valence-electron chi connectivity index (χ2n) is 5.77. The average Bonchev–Trinajstić information content (AvgIpc) is 2.91. The Kier molecular flexibility index (Phi) is 7.47. The van der Waals surface area contributed by atoms with Crippen LogP contribution in [0.5, 0.6) is 5.75 Å². The van der Waals surface area contributed by atoms with Gasteiger partial charge in [0.1, 0.15) is 18.2 Å². The minimum atomic E-state index is -0.563. The highest BCUT2D eigenvalue weighted by molar-refractivity contribution is 14.1. The van der Waals surface area contributed by atoms with Crippen molar-refractivity contribution >= 4 is 85.8 Å². The highest BCUT2D eigenvalue weighted by Gasteiger charge is 2.36. The van der Waals surface area contributed by atoms with Crippen molar-refractivity contribution in [3.63, 3.8) is 0 Å². The number of hydrogen-bond donors (Lipinski definition) is 0. The van der Waals surface area contributed by atoms with E-state index < -0.39 is 17.0 Å². The minimum Gasteiger partial charge on any atom is -0.479 e. The lowest BCUT2D eigenvalue weighted by atomic mass is 10.2. The maximum Gasteiger partial charge on any atom is 0.293 e. The normalized spacial score (nSPS) is 15.1. The summed E-state index contributed by atoms with van der Waals surface area (Å²) < 4.78 is 21.2. The molecule has 0 bridgehead atoms. The van der Waals surface area contributed by atoms with Crippen molar-refractivity contribution in [2.75, 3.05) is 6.61 Å². The van der Waals surface area contributed by atoms with Crippen molar-refractivity contribution in [3.8, 4) is 18.1 Å². The first kappa shape index (κ1) is 22.4. The van der Waals surface area contributed by atoms with Crippen molar-refractivity contribution in [1.82, 2.24) is 4.90 Å². The Bertz CT molecular complexity index is 1040. The molecule has 2 amide bonds. The molecule has 3 rings (SSSR count). The van der Waals surface area contributed by atoms with Crippen LogP contribution in [-0.4, -0.2) is 22.7 Å². The number of imide groups is 1. The third-order valence-corrected chi connectivity index (χ3v) is 6.73. The van der Waals surface area contributed by atoms with Gasteiger partial charge in [0.15, 0.2) is 0 Å². The summed E-state index contributed by atoms with van der Waals surface area (Å²) in [5.41, 5.74) is 0.845. The van der Waals surface area contributed by atoms with Crippen molar-refractivity contribution in [2.24, 2.45) is 0 Å². The zero-order chi connectivity index (χ0) is 21.1. The largest absolute Gasteiger partial charge is 0.479 e. The number of nitrogens with zero attached hydrogens (tertiary/aromatic N) is 1. The summed E-state index contributed by atoms with van der Waals surface area (Å²) in [7, 11) is 0. The van der Waals surface area contributed by atoms with Gasteiger partial charge in [0.2, 0.25) is 0 Å². The van der Waals surface area contributed by atoms with Gasteiger partial charge in [-0.25, -0.2) is 4.39 Å². The Hall–Kier alpha value is -1.29. The number of hydrogen-bond acceptors (Lipinski definition) is 4. The van der Waals surface area contributed by atoms with Crippen LogP contribution < -0.4 is 4.74 Å². The fourth-order valence-corrected chi connectivity index (χ4v) is 5.73. The smallest absolute Gasteiger partial charge is 0.293 e. The van der Waals surface area contributed by atoms with Gasteiger partial charge in [-0.15, -0.1) is 6.42 Å². The Morgan fingerprint density at radius 2 is 1.97 bits per heavy atom. The zero-order valence-electron chi connectivity index (χ0n) is 14.5. The quantitative estimate of drug-likeness (QED) is 0.228. The Morgan fingerprint density at radius 1 is 1.28 bits per heavy atom. The maximum atomic E-state index is 14.0. The summed E-state index contributed by atoms with van der Waals surface area (Å²) in [6.45, 7) is -0.0652. The van der Waals surface area contributed by atoms with E-state index in [9.17, 15) is 14.0 Å². The number of terminal acetylenes is 1. The molecule has 0 spiro atoms. The third-order valence-electron chi connectivity index (χ3n) is 3.87. The van der Waals surface area contributed by atoms with E-state index in [1.54, 1.807) is 6.08 Å². The molecule has 2 aromatic rings. The van der Waals surface area contributed by atoms with Gasteiger partial charge in [-0.1, -0.05) is 23.6 Å². The van der Waals surface area contributed by atoms with E-state index >= 15 is 0 Å². The Morgan fingerprint density at radius 3 is 2.59 bits per heavy atom. The summed E-state index contributed by atoms with van der Waals surface area (Å²) in [6, 6.07) is 7.88. The second kappa shape index (κ2) is 9.68. The molecule has 1 aliphatic heterocycles. The number of carbonyl (C=O) groups excluding carboxylic acids is 2. The van der Waals surface area contributed by atoms with Gasteiger partial charge in [0, 0.05) is 10.6 Å². The van der Waals surface area contributed by atoms with E-state index in [0.29, 0.717) is 5.75 Å². The summed E-state index contributed by atoms with van der Waals surface area (Å²) in [5.74, 6) is 2.04. The number of amides is 2. The van der Waals surface area contributed by atoms with Crippen LogP contribution in [0.2, 0.25) is 5.02 Å². The first-order valence-electron chi connectivity index (χ1n) is 8.05. The van der Waals surface area contributed by atoms with Crippen LogP contribution in [0.3, 0.4) is 0 Å². The van der Waals surface area contributed by atoms with Crippen LogP contribution in [0.1, 0.15) is 11.1 Å². The molecule has 1 heterocycles. The van der Waals surface area contributed by atoms with Gasteiger partial charge in [-0.05, 0) is 92.8 Å². The highest BCUT2D eigenvalue weighted by Crippen LogP contribution is 2.36. The molecule has 1 fully saturated rings. The zero-order valence-corrected chi connectivity index (χ0v) is 20.4. The number of rotatable bonds is 5. The van der Waals surface area contributed by atoms with Crippen LogP contribution in [0, 0.1) is 25.3 Å². The van der Waals surface area contributed by atoms with Crippen molar-refractivity contribution in [2.45, 2.75) is 6.54 Å². The van der Waals surface area contributed by atoms with Gasteiger partial charge in [-0.3, -0.25) is 14.5 Å². The van der Waals surface area contributed by atoms with Gasteiger partial charge in [0.05, 0.1) is 18.6 Å². The molecule has 0 atom stereocenters. The molecular weight excluding hydrogens is 643 g/mol. The van der Waals surface area contributed by atoms with E-state index in [1.165, 1.54) is 18.2 Å². The summed E-state index contributed by atoms with van der Waals surface area (Å²) in [6.07, 6.45) is 6.86. The van der Waals surface area contributed by atoms with E-state index in [-0.39, 0.29) is 28.6 Å². The van der Waals surface area contributed by atoms with E-state index in [0.717, 1.165) is 29.4 Å². The van der Waals surface area contributed by atoms with Gasteiger partial charge >= 0.3 is 0 Å². The number of carbonyl (C=O) groups is 2. The number of ether oxygens (including phenoxy) is 1. The summed E-state index contributed by atoms with van der Waals surface area (Å²) in [4.78, 5) is 26.3. The average molecular weight is 654 g/mol. The van der Waals surface area contributed by atoms with Crippen molar-refractivity contribution in [3.05, 3.63) is 64.3 Å². The monoisotopic (exact) mass is 653 g/mol. The molecule has 4 nitrogen and oxygen atoms in total. The van der Waals surface area contributed by atoms with Crippen LogP contribution in [0.25, 0.3) is 6.08 Å². The maximum absolute atomic E-state index is 14.0. The lowest BCUT2D eigenvalue weighted by Crippen LogP contribution is -2.28. The van der Waals surface area contributed by atoms with E-state index in [4.69, 9.17) is 22.8 Å². The second-order valence-corrected chi connectivity index (χ2v) is 9.50. The fourth-order valence-electron chi connectivity index (χ4n) is 2.54. The lowest BCUT2D eigenvalue weighted by molar-refractivity contribution is -0.123.